The minimum Gasteiger partial charge on any atom is -0.396 e. The third kappa shape index (κ3) is 4.11. The summed E-state index contributed by atoms with van der Waals surface area (Å²) in [6, 6.07) is 5.73. The molecule has 1 aromatic carbocycles. The van der Waals surface area contributed by atoms with Crippen molar-refractivity contribution in [2.24, 2.45) is 0 Å². The quantitative estimate of drug-likeness (QED) is 0.819. The van der Waals surface area contributed by atoms with Gasteiger partial charge in [-0.25, -0.2) is 4.98 Å². The molecule has 0 saturated carbocycles. The summed E-state index contributed by atoms with van der Waals surface area (Å²) in [7, 11) is 0. The average molecular weight is 319 g/mol. The number of nitrogens with one attached hydrogen (secondary N) is 1. The molecule has 1 unspecified atom stereocenters. The highest BCUT2D eigenvalue weighted by atomic mass is 32.2. The molecule has 118 valence electrons. The minimum atomic E-state index is -0.125. The van der Waals surface area contributed by atoms with E-state index < -0.39 is 0 Å². The van der Waals surface area contributed by atoms with Crippen molar-refractivity contribution in [3.05, 3.63) is 48.0 Å². The Morgan fingerprint density at radius 3 is 2.95 bits per heavy atom. The van der Waals surface area contributed by atoms with Crippen LogP contribution in [-0.2, 0) is 0 Å². The van der Waals surface area contributed by atoms with Gasteiger partial charge in [-0.2, -0.15) is 11.8 Å². The summed E-state index contributed by atoms with van der Waals surface area (Å²) < 4.78 is 1.82. The Balaban J connectivity index is 2.26. The van der Waals surface area contributed by atoms with Gasteiger partial charge in [0, 0.05) is 30.8 Å². The van der Waals surface area contributed by atoms with E-state index in [-0.39, 0.29) is 18.6 Å². The highest BCUT2D eigenvalue weighted by Gasteiger charge is 2.17. The van der Waals surface area contributed by atoms with Crippen LogP contribution in [0.1, 0.15) is 22.3 Å². The van der Waals surface area contributed by atoms with Crippen molar-refractivity contribution in [3.8, 4) is 5.69 Å². The van der Waals surface area contributed by atoms with Crippen LogP contribution < -0.4 is 5.32 Å². The van der Waals surface area contributed by atoms with E-state index >= 15 is 0 Å². The molecular weight excluding hydrogens is 298 g/mol. The van der Waals surface area contributed by atoms with Gasteiger partial charge < -0.3 is 15.0 Å². The number of amides is 1. The molecule has 1 aromatic heterocycles. The predicted molar refractivity (Wildman–Crippen MR) is 89.6 cm³/mol. The Morgan fingerprint density at radius 1 is 1.50 bits per heavy atom. The van der Waals surface area contributed by atoms with E-state index in [4.69, 9.17) is 5.11 Å². The van der Waals surface area contributed by atoms with E-state index in [1.807, 2.05) is 42.1 Å². The zero-order chi connectivity index (χ0) is 15.9. The number of carbonyl (C=O) groups is 1. The van der Waals surface area contributed by atoms with Crippen LogP contribution in [0.4, 0.5) is 0 Å². The van der Waals surface area contributed by atoms with Gasteiger partial charge in [0.25, 0.3) is 5.91 Å². The minimum absolute atomic E-state index is 0.0383. The molecule has 0 saturated heterocycles. The van der Waals surface area contributed by atoms with E-state index in [1.165, 1.54) is 0 Å². The third-order valence-electron chi connectivity index (χ3n) is 3.36. The standard InChI is InChI=1S/C16H21N3O2S/c1-12-3-4-15(19-7-6-17-11-19)14(9-12)16(21)18-13(5-8-20)10-22-2/h3-4,6-7,9,11,13,20H,5,8,10H2,1-2H3,(H,18,21). The van der Waals surface area contributed by atoms with Gasteiger partial charge in [-0.3, -0.25) is 4.79 Å². The lowest BCUT2D eigenvalue weighted by Gasteiger charge is -2.18. The summed E-state index contributed by atoms with van der Waals surface area (Å²) in [6.45, 7) is 2.02. The van der Waals surface area contributed by atoms with Crippen molar-refractivity contribution in [3.63, 3.8) is 0 Å². The molecule has 5 nitrogen and oxygen atoms in total. The van der Waals surface area contributed by atoms with Gasteiger partial charge in [0.05, 0.1) is 17.6 Å². The Hall–Kier alpha value is -1.79. The second-order valence-electron chi connectivity index (χ2n) is 5.13. The molecule has 1 amide bonds. The maximum Gasteiger partial charge on any atom is 0.253 e. The van der Waals surface area contributed by atoms with Crippen LogP contribution in [-0.4, -0.2) is 45.2 Å². The van der Waals surface area contributed by atoms with Gasteiger partial charge in [-0.1, -0.05) is 11.6 Å². The van der Waals surface area contributed by atoms with E-state index in [1.54, 1.807) is 24.3 Å². The first-order chi connectivity index (χ1) is 10.7. The third-order valence-corrected chi connectivity index (χ3v) is 4.10. The Kier molecular flexibility index (Phi) is 6.03. The first kappa shape index (κ1) is 16.6. The molecule has 0 aliphatic carbocycles. The molecule has 2 aromatic rings. The SMILES string of the molecule is CSCC(CCO)NC(=O)c1cc(C)ccc1-n1ccnc1. The number of aliphatic hydroxyl groups excluding tert-OH is 1. The number of aliphatic hydroxyl groups is 1. The smallest absolute Gasteiger partial charge is 0.253 e. The van der Waals surface area contributed by atoms with Crippen LogP contribution in [0.15, 0.2) is 36.9 Å². The van der Waals surface area contributed by atoms with Gasteiger partial charge in [0.1, 0.15) is 0 Å². The van der Waals surface area contributed by atoms with Crippen LogP contribution in [0.25, 0.3) is 5.69 Å². The Morgan fingerprint density at radius 2 is 2.32 bits per heavy atom. The molecule has 0 spiro atoms. The summed E-state index contributed by atoms with van der Waals surface area (Å²) in [4.78, 5) is 16.7. The lowest BCUT2D eigenvalue weighted by atomic mass is 10.1. The van der Waals surface area contributed by atoms with Crippen LogP contribution in [0.5, 0.6) is 0 Å². The second-order valence-corrected chi connectivity index (χ2v) is 6.04. The number of hydrogen-bond donors (Lipinski definition) is 2. The maximum atomic E-state index is 12.6. The fourth-order valence-electron chi connectivity index (χ4n) is 2.28. The summed E-state index contributed by atoms with van der Waals surface area (Å²) in [6.07, 6.45) is 7.71. The highest BCUT2D eigenvalue weighted by Crippen LogP contribution is 2.17. The van der Waals surface area contributed by atoms with Crippen molar-refractivity contribution in [1.29, 1.82) is 0 Å². The van der Waals surface area contributed by atoms with Crippen molar-refractivity contribution < 1.29 is 9.90 Å². The molecule has 0 bridgehead atoms. The number of hydrogen-bond acceptors (Lipinski definition) is 4. The number of aryl methyl sites for hydroxylation is 1. The van der Waals surface area contributed by atoms with Gasteiger partial charge in [-0.15, -0.1) is 0 Å². The van der Waals surface area contributed by atoms with Gasteiger partial charge >= 0.3 is 0 Å². The number of carbonyl (C=O) groups excluding carboxylic acids is 1. The highest BCUT2D eigenvalue weighted by molar-refractivity contribution is 7.98. The number of nitrogens with zero attached hydrogens (tertiary/aromatic N) is 2. The summed E-state index contributed by atoms with van der Waals surface area (Å²) in [5.74, 6) is 0.651. The molecular formula is C16H21N3O2S. The summed E-state index contributed by atoms with van der Waals surface area (Å²) in [5, 5.41) is 12.1. The maximum absolute atomic E-state index is 12.6. The molecule has 1 atom stereocenters. The van der Waals surface area contributed by atoms with Crippen LogP contribution in [0, 0.1) is 6.92 Å². The topological polar surface area (TPSA) is 67.2 Å². The summed E-state index contributed by atoms with van der Waals surface area (Å²) in [5.41, 5.74) is 2.44. The van der Waals surface area contributed by atoms with Crippen molar-refractivity contribution in [2.75, 3.05) is 18.6 Å². The van der Waals surface area contributed by atoms with E-state index in [0.717, 1.165) is 17.0 Å². The Bertz CT molecular complexity index is 608. The largest absolute Gasteiger partial charge is 0.396 e. The Labute approximate surface area is 134 Å². The van der Waals surface area contributed by atoms with Crippen LogP contribution in [0.2, 0.25) is 0 Å². The predicted octanol–water partition coefficient (Wildman–Crippen LogP) is 2.02. The molecule has 0 aliphatic heterocycles. The molecule has 1 heterocycles. The van der Waals surface area contributed by atoms with E-state index in [9.17, 15) is 4.79 Å². The summed E-state index contributed by atoms with van der Waals surface area (Å²) >= 11 is 1.65. The van der Waals surface area contributed by atoms with E-state index in [0.29, 0.717) is 12.0 Å². The molecule has 2 N–H and O–H groups in total. The van der Waals surface area contributed by atoms with Crippen molar-refractivity contribution >= 4 is 17.7 Å². The van der Waals surface area contributed by atoms with Crippen molar-refractivity contribution in [2.45, 2.75) is 19.4 Å². The first-order valence-electron chi connectivity index (χ1n) is 7.15. The van der Waals surface area contributed by atoms with Crippen LogP contribution in [0.3, 0.4) is 0 Å². The van der Waals surface area contributed by atoms with Crippen LogP contribution >= 0.6 is 11.8 Å². The number of imidazole rings is 1. The normalized spacial score (nSPS) is 12.1. The average Bonchev–Trinajstić information content (AvgIpc) is 3.01. The zero-order valence-corrected chi connectivity index (χ0v) is 13.6. The molecule has 2 rings (SSSR count). The lowest BCUT2D eigenvalue weighted by molar-refractivity contribution is 0.0935. The number of aromatic nitrogens is 2. The number of benzene rings is 1. The molecule has 22 heavy (non-hydrogen) atoms. The molecule has 0 aliphatic rings. The van der Waals surface area contributed by atoms with Gasteiger partial charge in [0.2, 0.25) is 0 Å². The fourth-order valence-corrected chi connectivity index (χ4v) is 2.93. The van der Waals surface area contributed by atoms with Gasteiger partial charge in [-0.05, 0) is 31.7 Å². The number of rotatable bonds is 7. The second kappa shape index (κ2) is 8.00. The monoisotopic (exact) mass is 319 g/mol. The molecule has 6 heteroatoms. The zero-order valence-electron chi connectivity index (χ0n) is 12.8. The number of thioether (sulfide) groups is 1. The lowest BCUT2D eigenvalue weighted by Crippen LogP contribution is -2.37. The van der Waals surface area contributed by atoms with E-state index in [2.05, 4.69) is 10.3 Å². The first-order valence-corrected chi connectivity index (χ1v) is 8.54. The van der Waals surface area contributed by atoms with Crippen molar-refractivity contribution in [1.82, 2.24) is 14.9 Å². The molecule has 0 radical (unpaired) electrons. The molecule has 0 fully saturated rings. The van der Waals surface area contributed by atoms with Gasteiger partial charge in [0.15, 0.2) is 0 Å². The fraction of sp³-hybridized carbons (Fsp3) is 0.375.